The summed E-state index contributed by atoms with van der Waals surface area (Å²) in [6, 6.07) is 10.2. The molecule has 0 saturated heterocycles. The maximum absolute atomic E-state index is 6.02. The van der Waals surface area contributed by atoms with Crippen LogP contribution in [0.4, 0.5) is 0 Å². The zero-order valence-electron chi connectivity index (χ0n) is 9.22. The van der Waals surface area contributed by atoms with E-state index in [1.807, 2.05) is 22.8 Å². The van der Waals surface area contributed by atoms with Gasteiger partial charge in [-0.25, -0.2) is 15.0 Å². The summed E-state index contributed by atoms with van der Waals surface area (Å²) in [5.74, 6) is 0. The molecule has 2 heterocycles. The molecule has 6 heteroatoms. The fourth-order valence-electron chi connectivity index (χ4n) is 1.79. The molecule has 0 N–H and O–H groups in total. The van der Waals surface area contributed by atoms with Crippen molar-refractivity contribution in [3.8, 4) is 0 Å². The number of halogens is 2. The highest BCUT2D eigenvalue weighted by molar-refractivity contribution is 14.1. The van der Waals surface area contributed by atoms with E-state index >= 15 is 0 Å². The molecule has 0 saturated carbocycles. The van der Waals surface area contributed by atoms with Crippen molar-refractivity contribution in [3.63, 3.8) is 0 Å². The maximum atomic E-state index is 6.02. The van der Waals surface area contributed by atoms with Crippen LogP contribution in [0.2, 0.25) is 5.15 Å². The highest BCUT2D eigenvalue weighted by Gasteiger charge is 2.13. The molecule has 0 aliphatic rings. The lowest BCUT2D eigenvalue weighted by Crippen LogP contribution is -2.02. The molecular formula is C12H8ClIN4. The summed E-state index contributed by atoms with van der Waals surface area (Å²) < 4.78 is 2.88. The van der Waals surface area contributed by atoms with E-state index in [-0.39, 0.29) is 0 Å². The molecule has 4 nitrogen and oxygen atoms in total. The van der Waals surface area contributed by atoms with Crippen molar-refractivity contribution in [1.29, 1.82) is 0 Å². The first-order valence-corrected chi connectivity index (χ1v) is 6.77. The summed E-state index contributed by atoms with van der Waals surface area (Å²) in [6.45, 7) is 0.725. The zero-order valence-corrected chi connectivity index (χ0v) is 12.1. The molecule has 3 rings (SSSR count). The third kappa shape index (κ3) is 2.08. The van der Waals surface area contributed by atoms with Crippen LogP contribution in [0.25, 0.3) is 11.2 Å². The van der Waals surface area contributed by atoms with Gasteiger partial charge in [0.2, 0.25) is 0 Å². The van der Waals surface area contributed by atoms with Crippen LogP contribution in [-0.2, 0) is 6.54 Å². The van der Waals surface area contributed by atoms with Crippen molar-refractivity contribution in [2.24, 2.45) is 0 Å². The van der Waals surface area contributed by atoms with E-state index in [0.29, 0.717) is 10.7 Å². The first-order chi connectivity index (χ1) is 8.75. The van der Waals surface area contributed by atoms with E-state index < -0.39 is 0 Å². The van der Waals surface area contributed by atoms with Gasteiger partial charge in [0, 0.05) is 22.6 Å². The Hall–Kier alpha value is -1.21. The molecule has 3 aromatic rings. The summed E-state index contributed by atoms with van der Waals surface area (Å²) in [5.41, 5.74) is 2.62. The highest BCUT2D eigenvalue weighted by atomic mass is 127. The molecule has 0 fully saturated rings. The first kappa shape index (κ1) is 11.9. The molecule has 1 aromatic carbocycles. The number of hydrogen-bond donors (Lipinski definition) is 0. The van der Waals surface area contributed by atoms with Crippen LogP contribution in [0.1, 0.15) is 5.56 Å². The van der Waals surface area contributed by atoms with Crippen LogP contribution < -0.4 is 0 Å². The molecule has 2 aromatic heterocycles. The highest BCUT2D eigenvalue weighted by Crippen LogP contribution is 2.21. The van der Waals surface area contributed by atoms with Gasteiger partial charge < -0.3 is 0 Å². The minimum atomic E-state index is 0.393. The van der Waals surface area contributed by atoms with Crippen LogP contribution in [0.5, 0.6) is 0 Å². The largest absolute Gasteiger partial charge is 0.299 e. The number of hydrogen-bond acceptors (Lipinski definition) is 3. The van der Waals surface area contributed by atoms with Gasteiger partial charge in [0.15, 0.2) is 14.6 Å². The van der Waals surface area contributed by atoms with Gasteiger partial charge in [0.1, 0.15) is 11.8 Å². The van der Waals surface area contributed by atoms with Gasteiger partial charge in [0.25, 0.3) is 0 Å². The molecular weight excluding hydrogens is 363 g/mol. The Morgan fingerprint density at radius 2 is 1.94 bits per heavy atom. The lowest BCUT2D eigenvalue weighted by molar-refractivity contribution is 0.787. The van der Waals surface area contributed by atoms with Gasteiger partial charge in [-0.3, -0.25) is 4.57 Å². The van der Waals surface area contributed by atoms with E-state index in [9.17, 15) is 0 Å². The molecule has 90 valence electrons. The van der Waals surface area contributed by atoms with Crippen molar-refractivity contribution in [2.75, 3.05) is 0 Å². The van der Waals surface area contributed by atoms with E-state index in [1.165, 1.54) is 11.9 Å². The van der Waals surface area contributed by atoms with Crippen molar-refractivity contribution in [2.45, 2.75) is 6.54 Å². The molecule has 18 heavy (non-hydrogen) atoms. The van der Waals surface area contributed by atoms with Gasteiger partial charge in [-0.2, -0.15) is 0 Å². The molecule has 0 aliphatic heterocycles. The Bertz CT molecular complexity index is 696. The predicted octanol–water partition coefficient (Wildman–Crippen LogP) is 3.13. The average molecular weight is 371 g/mol. The quantitative estimate of drug-likeness (QED) is 0.395. The number of fused-ring (bicyclic) bond motifs is 1. The van der Waals surface area contributed by atoms with E-state index in [4.69, 9.17) is 11.6 Å². The van der Waals surface area contributed by atoms with Gasteiger partial charge in [0.05, 0.1) is 6.54 Å². The second kappa shape index (κ2) is 4.81. The predicted molar refractivity (Wildman–Crippen MR) is 78.6 cm³/mol. The topological polar surface area (TPSA) is 43.6 Å². The Labute approximate surface area is 122 Å². The summed E-state index contributed by atoms with van der Waals surface area (Å²) in [4.78, 5) is 12.6. The molecule has 0 unspecified atom stereocenters. The molecule has 0 amide bonds. The Balaban J connectivity index is 2.12. The summed E-state index contributed by atoms with van der Waals surface area (Å²) in [7, 11) is 0. The second-order valence-corrected chi connectivity index (χ2v) is 5.11. The molecule has 0 atom stereocenters. The van der Waals surface area contributed by atoms with Crippen LogP contribution in [-0.4, -0.2) is 19.5 Å². The smallest absolute Gasteiger partial charge is 0.174 e. The fourth-order valence-corrected chi connectivity index (χ4v) is 2.60. The number of rotatable bonds is 2. The summed E-state index contributed by atoms with van der Waals surface area (Å²) >= 11 is 8.20. The first-order valence-electron chi connectivity index (χ1n) is 5.32. The van der Waals surface area contributed by atoms with Crippen LogP contribution >= 0.6 is 34.2 Å². The Morgan fingerprint density at radius 1 is 1.17 bits per heavy atom. The number of benzene rings is 1. The van der Waals surface area contributed by atoms with Gasteiger partial charge in [-0.05, 0) is 5.56 Å². The zero-order chi connectivity index (χ0) is 12.5. The third-order valence-electron chi connectivity index (χ3n) is 2.62. The minimum absolute atomic E-state index is 0.393. The van der Waals surface area contributed by atoms with Crippen LogP contribution in [0.15, 0.2) is 36.7 Å². The maximum Gasteiger partial charge on any atom is 0.174 e. The number of imidazole rings is 1. The van der Waals surface area contributed by atoms with Gasteiger partial charge in [-0.15, -0.1) is 0 Å². The summed E-state index contributed by atoms with van der Waals surface area (Å²) in [6.07, 6.45) is 1.46. The normalized spacial score (nSPS) is 11.0. The molecule has 0 spiro atoms. The molecule has 0 aliphatic carbocycles. The summed E-state index contributed by atoms with van der Waals surface area (Å²) in [5, 5.41) is 0.393. The van der Waals surface area contributed by atoms with E-state index in [1.54, 1.807) is 0 Å². The van der Waals surface area contributed by atoms with E-state index in [0.717, 1.165) is 16.0 Å². The molecule has 0 radical (unpaired) electrons. The monoisotopic (exact) mass is 370 g/mol. The second-order valence-electron chi connectivity index (χ2n) is 3.79. The van der Waals surface area contributed by atoms with Crippen molar-refractivity contribution in [3.05, 3.63) is 51.2 Å². The fraction of sp³-hybridized carbons (Fsp3) is 0.0833. The van der Waals surface area contributed by atoms with Crippen molar-refractivity contribution < 1.29 is 0 Å². The van der Waals surface area contributed by atoms with E-state index in [2.05, 4.69) is 49.7 Å². The minimum Gasteiger partial charge on any atom is -0.299 e. The third-order valence-corrected chi connectivity index (χ3v) is 3.72. The van der Waals surface area contributed by atoms with Crippen molar-refractivity contribution >= 4 is 45.4 Å². The van der Waals surface area contributed by atoms with Crippen LogP contribution in [0.3, 0.4) is 0 Å². The standard InChI is InChI=1S/C12H8ClIN4/c13-10-9-11(16-7-15-10)18(12(14)17-9)6-8-4-2-1-3-5-8/h1-5,7H,6H2. The van der Waals surface area contributed by atoms with Gasteiger partial charge >= 0.3 is 0 Å². The number of aromatic nitrogens is 4. The SMILES string of the molecule is Clc1ncnc2c1nc(I)n2Cc1ccccc1. The number of nitrogens with zero attached hydrogens (tertiary/aromatic N) is 4. The Kier molecular flexibility index (Phi) is 3.17. The lowest BCUT2D eigenvalue weighted by Gasteiger charge is -2.05. The molecule has 0 bridgehead atoms. The van der Waals surface area contributed by atoms with Crippen molar-refractivity contribution in [1.82, 2.24) is 19.5 Å². The van der Waals surface area contributed by atoms with Crippen LogP contribution in [0, 0.1) is 3.83 Å². The van der Waals surface area contributed by atoms with Gasteiger partial charge in [-0.1, -0.05) is 41.9 Å². The lowest BCUT2D eigenvalue weighted by atomic mass is 10.2. The average Bonchev–Trinajstić information content (AvgIpc) is 2.70. The Morgan fingerprint density at radius 3 is 2.72 bits per heavy atom.